The van der Waals surface area contributed by atoms with Crippen LogP contribution in [-0.4, -0.2) is 35.2 Å². The van der Waals surface area contributed by atoms with Crippen LogP contribution in [0.15, 0.2) is 24.3 Å². The summed E-state index contributed by atoms with van der Waals surface area (Å²) in [5, 5.41) is 10.6. The zero-order valence-corrected chi connectivity index (χ0v) is 11.7. The summed E-state index contributed by atoms with van der Waals surface area (Å²) in [6, 6.07) is 5.49. The van der Waals surface area contributed by atoms with Crippen LogP contribution in [0.4, 0.5) is 13.2 Å². The van der Waals surface area contributed by atoms with Gasteiger partial charge in [-0.25, -0.2) is 0 Å². The van der Waals surface area contributed by atoms with Crippen molar-refractivity contribution >= 4 is 0 Å². The van der Waals surface area contributed by atoms with E-state index in [2.05, 4.69) is 4.90 Å². The molecular weight excluding hydrogens is 267 g/mol. The van der Waals surface area contributed by atoms with Crippen LogP contribution < -0.4 is 0 Å². The smallest absolute Gasteiger partial charge is 0.389 e. The average molecular weight is 287 g/mol. The number of piperidine rings is 1. The van der Waals surface area contributed by atoms with Crippen molar-refractivity contribution < 1.29 is 18.3 Å². The third-order valence-corrected chi connectivity index (χ3v) is 4.15. The highest BCUT2D eigenvalue weighted by Gasteiger charge is 2.36. The van der Waals surface area contributed by atoms with Gasteiger partial charge in [0.05, 0.1) is 11.2 Å². The van der Waals surface area contributed by atoms with Gasteiger partial charge < -0.3 is 10.0 Å². The van der Waals surface area contributed by atoms with E-state index < -0.39 is 17.3 Å². The van der Waals surface area contributed by atoms with Crippen molar-refractivity contribution in [3.8, 4) is 0 Å². The molecule has 0 aliphatic carbocycles. The molecule has 0 saturated carbocycles. The molecular formula is C15H20F3NO. The van der Waals surface area contributed by atoms with Crippen molar-refractivity contribution in [1.82, 2.24) is 4.90 Å². The second kappa shape index (κ2) is 5.37. The molecule has 2 nitrogen and oxygen atoms in total. The van der Waals surface area contributed by atoms with Crippen molar-refractivity contribution in [2.45, 2.75) is 44.0 Å². The van der Waals surface area contributed by atoms with Gasteiger partial charge in [0, 0.05) is 19.0 Å². The number of hydrogen-bond acceptors (Lipinski definition) is 2. The lowest BCUT2D eigenvalue weighted by Gasteiger charge is -2.41. The molecule has 0 radical (unpaired) electrons. The van der Waals surface area contributed by atoms with Gasteiger partial charge in [0.1, 0.15) is 0 Å². The van der Waals surface area contributed by atoms with E-state index in [1.54, 1.807) is 6.07 Å². The van der Waals surface area contributed by atoms with E-state index in [9.17, 15) is 18.3 Å². The number of nitrogens with zero attached hydrogens (tertiary/aromatic N) is 1. The maximum atomic E-state index is 12.7. The molecule has 1 aliphatic heterocycles. The minimum atomic E-state index is -4.33. The first-order valence-electron chi connectivity index (χ1n) is 6.78. The number of hydrogen-bond donors (Lipinski definition) is 1. The normalized spacial score (nSPS) is 28.6. The lowest BCUT2D eigenvalue weighted by atomic mass is 9.82. The van der Waals surface area contributed by atoms with Gasteiger partial charge in [-0.05, 0) is 38.4 Å². The highest BCUT2D eigenvalue weighted by molar-refractivity contribution is 5.27. The molecule has 1 N–H and O–H groups in total. The van der Waals surface area contributed by atoms with E-state index in [-0.39, 0.29) is 12.5 Å². The summed E-state index contributed by atoms with van der Waals surface area (Å²) >= 11 is 0. The Morgan fingerprint density at radius 2 is 2.10 bits per heavy atom. The van der Waals surface area contributed by atoms with Gasteiger partial charge in [0.25, 0.3) is 0 Å². The topological polar surface area (TPSA) is 23.5 Å². The van der Waals surface area contributed by atoms with E-state index in [0.29, 0.717) is 18.4 Å². The zero-order valence-electron chi connectivity index (χ0n) is 11.7. The highest BCUT2D eigenvalue weighted by atomic mass is 19.4. The Balaban J connectivity index is 2.14. The Bertz CT molecular complexity index is 474. The Hall–Kier alpha value is -1.07. The predicted octanol–water partition coefficient (Wildman–Crippen LogP) is 3.09. The summed E-state index contributed by atoms with van der Waals surface area (Å²) in [5.41, 5.74) is -1.02. The van der Waals surface area contributed by atoms with E-state index in [4.69, 9.17) is 0 Å². The molecule has 2 unspecified atom stereocenters. The molecule has 0 bridgehead atoms. The Kier molecular flexibility index (Phi) is 4.12. The molecule has 1 aromatic carbocycles. The summed E-state index contributed by atoms with van der Waals surface area (Å²) < 4.78 is 38.1. The fourth-order valence-corrected chi connectivity index (χ4v) is 2.81. The number of alkyl halides is 3. The van der Waals surface area contributed by atoms with Crippen LogP contribution in [0.5, 0.6) is 0 Å². The van der Waals surface area contributed by atoms with Crippen LogP contribution in [0.2, 0.25) is 0 Å². The molecule has 0 spiro atoms. The minimum absolute atomic E-state index is 0.236. The molecule has 112 valence electrons. The molecule has 20 heavy (non-hydrogen) atoms. The van der Waals surface area contributed by atoms with Gasteiger partial charge in [-0.1, -0.05) is 18.2 Å². The molecule has 1 aromatic rings. The SMILES string of the molecule is CC1CC(O)(Cc2cccc(C(F)(F)F)c2)CCN1C. The highest BCUT2D eigenvalue weighted by Crippen LogP contribution is 2.33. The molecule has 1 aliphatic rings. The van der Waals surface area contributed by atoms with Crippen molar-refractivity contribution in [1.29, 1.82) is 0 Å². The zero-order chi connectivity index (χ0) is 15.0. The fraction of sp³-hybridized carbons (Fsp3) is 0.600. The lowest BCUT2D eigenvalue weighted by molar-refractivity contribution is -0.137. The number of likely N-dealkylation sites (tertiary alicyclic amines) is 1. The largest absolute Gasteiger partial charge is 0.416 e. The van der Waals surface area contributed by atoms with Crippen LogP contribution in [0.25, 0.3) is 0 Å². The number of benzene rings is 1. The average Bonchev–Trinajstić information content (AvgIpc) is 2.33. The summed E-state index contributed by atoms with van der Waals surface area (Å²) in [5.74, 6) is 0. The Morgan fingerprint density at radius 3 is 2.70 bits per heavy atom. The van der Waals surface area contributed by atoms with Crippen LogP contribution in [0, 0.1) is 0 Å². The Morgan fingerprint density at radius 1 is 1.40 bits per heavy atom. The first-order valence-corrected chi connectivity index (χ1v) is 6.78. The molecule has 2 atom stereocenters. The van der Waals surface area contributed by atoms with Crippen molar-refractivity contribution in [2.75, 3.05) is 13.6 Å². The van der Waals surface area contributed by atoms with Crippen molar-refractivity contribution in [3.05, 3.63) is 35.4 Å². The van der Waals surface area contributed by atoms with E-state index in [0.717, 1.165) is 18.7 Å². The van der Waals surface area contributed by atoms with Crippen LogP contribution >= 0.6 is 0 Å². The Labute approximate surface area is 117 Å². The van der Waals surface area contributed by atoms with Crippen LogP contribution in [0.1, 0.15) is 30.9 Å². The summed E-state index contributed by atoms with van der Waals surface area (Å²) in [7, 11) is 1.99. The maximum Gasteiger partial charge on any atom is 0.416 e. The fourth-order valence-electron chi connectivity index (χ4n) is 2.81. The number of halogens is 3. The van der Waals surface area contributed by atoms with Gasteiger partial charge in [0.15, 0.2) is 0 Å². The van der Waals surface area contributed by atoms with Gasteiger partial charge in [-0.3, -0.25) is 0 Å². The first-order chi connectivity index (χ1) is 9.20. The molecule has 1 saturated heterocycles. The minimum Gasteiger partial charge on any atom is -0.389 e. The van der Waals surface area contributed by atoms with Crippen LogP contribution in [0.3, 0.4) is 0 Å². The number of rotatable bonds is 2. The number of aliphatic hydroxyl groups is 1. The first kappa shape index (κ1) is 15.3. The summed E-state index contributed by atoms with van der Waals surface area (Å²) in [6.07, 6.45) is -2.89. The predicted molar refractivity (Wildman–Crippen MR) is 71.4 cm³/mol. The van der Waals surface area contributed by atoms with E-state index in [1.807, 2.05) is 14.0 Å². The summed E-state index contributed by atoms with van der Waals surface area (Å²) in [6.45, 7) is 2.78. The van der Waals surface area contributed by atoms with Crippen molar-refractivity contribution in [2.24, 2.45) is 0 Å². The van der Waals surface area contributed by atoms with Gasteiger partial charge in [-0.2, -0.15) is 13.2 Å². The van der Waals surface area contributed by atoms with E-state index >= 15 is 0 Å². The summed E-state index contributed by atoms with van der Waals surface area (Å²) in [4.78, 5) is 2.15. The molecule has 0 aromatic heterocycles. The molecule has 1 fully saturated rings. The van der Waals surface area contributed by atoms with Gasteiger partial charge >= 0.3 is 6.18 Å². The van der Waals surface area contributed by atoms with Crippen molar-refractivity contribution in [3.63, 3.8) is 0 Å². The molecule has 2 rings (SSSR count). The molecule has 1 heterocycles. The third kappa shape index (κ3) is 3.52. The monoisotopic (exact) mass is 287 g/mol. The second-order valence-corrected chi connectivity index (χ2v) is 5.88. The van der Waals surface area contributed by atoms with Gasteiger partial charge in [-0.15, -0.1) is 0 Å². The second-order valence-electron chi connectivity index (χ2n) is 5.88. The van der Waals surface area contributed by atoms with E-state index in [1.165, 1.54) is 6.07 Å². The lowest BCUT2D eigenvalue weighted by Crippen LogP contribution is -2.48. The maximum absolute atomic E-state index is 12.7. The third-order valence-electron chi connectivity index (χ3n) is 4.15. The quantitative estimate of drug-likeness (QED) is 0.903. The standard InChI is InChI=1S/C15H20F3NO/c1-11-9-14(20,6-7-19(11)2)10-12-4-3-5-13(8-12)15(16,17)18/h3-5,8,11,20H,6-7,9-10H2,1-2H3. The molecule has 5 heteroatoms. The molecule has 0 amide bonds. The van der Waals surface area contributed by atoms with Gasteiger partial charge in [0.2, 0.25) is 0 Å². The van der Waals surface area contributed by atoms with Crippen LogP contribution in [-0.2, 0) is 12.6 Å².